The second-order valence-corrected chi connectivity index (χ2v) is 6.72. The zero-order valence-corrected chi connectivity index (χ0v) is 15.8. The van der Waals surface area contributed by atoms with E-state index in [0.29, 0.717) is 17.1 Å². The number of hydrogen-bond donors (Lipinski definition) is 2. The van der Waals surface area contributed by atoms with Crippen LogP contribution in [-0.4, -0.2) is 27.2 Å². The maximum Gasteiger partial charge on any atom is 0.240 e. The van der Waals surface area contributed by atoms with Crippen molar-refractivity contribution in [2.75, 3.05) is 6.54 Å². The van der Waals surface area contributed by atoms with Gasteiger partial charge in [-0.2, -0.15) is 5.10 Å². The topological polar surface area (TPSA) is 62.7 Å². The van der Waals surface area contributed by atoms with E-state index in [0.717, 1.165) is 12.0 Å². The molecule has 0 aliphatic heterocycles. The van der Waals surface area contributed by atoms with E-state index in [9.17, 15) is 4.79 Å². The quantitative estimate of drug-likeness (QED) is 0.656. The van der Waals surface area contributed by atoms with Gasteiger partial charge in [-0.3, -0.25) is 14.5 Å². The zero-order valence-electron chi connectivity index (χ0n) is 15.0. The van der Waals surface area contributed by atoms with Gasteiger partial charge in [0.2, 0.25) is 5.91 Å². The van der Waals surface area contributed by atoms with Crippen molar-refractivity contribution in [3.63, 3.8) is 0 Å². The lowest BCUT2D eigenvalue weighted by molar-refractivity contribution is -0.121. The van der Waals surface area contributed by atoms with E-state index >= 15 is 0 Å². The van der Waals surface area contributed by atoms with Gasteiger partial charge >= 0.3 is 0 Å². The minimum atomic E-state index is -0.0792. The highest BCUT2D eigenvalue weighted by atomic mass is 32.1. The van der Waals surface area contributed by atoms with Gasteiger partial charge < -0.3 is 5.32 Å². The first-order valence-electron chi connectivity index (χ1n) is 8.58. The Morgan fingerprint density at radius 3 is 2.62 bits per heavy atom. The average molecular weight is 366 g/mol. The summed E-state index contributed by atoms with van der Waals surface area (Å²) in [6, 6.07) is 16.2. The van der Waals surface area contributed by atoms with Crippen molar-refractivity contribution in [1.82, 2.24) is 20.1 Å². The number of aromatic amines is 1. The fraction of sp³-hybridized carbons (Fsp3) is 0.250. The molecule has 3 aromatic rings. The summed E-state index contributed by atoms with van der Waals surface area (Å²) in [6.45, 7) is 4.85. The molecule has 0 atom stereocenters. The van der Waals surface area contributed by atoms with Gasteiger partial charge in [-0.15, -0.1) is 0 Å². The Balaban J connectivity index is 1.64. The molecule has 0 radical (unpaired) electrons. The number of rotatable bonds is 6. The predicted molar refractivity (Wildman–Crippen MR) is 105 cm³/mol. The van der Waals surface area contributed by atoms with Crippen LogP contribution in [0.3, 0.4) is 0 Å². The minimum absolute atomic E-state index is 0.0792. The number of H-pyrrole nitrogens is 1. The van der Waals surface area contributed by atoms with Crippen molar-refractivity contribution in [2.24, 2.45) is 0 Å². The molecule has 134 valence electrons. The van der Waals surface area contributed by atoms with Crippen LogP contribution < -0.4 is 5.32 Å². The van der Waals surface area contributed by atoms with Crippen molar-refractivity contribution in [1.29, 1.82) is 0 Å². The van der Waals surface area contributed by atoms with Crippen LogP contribution in [0.4, 0.5) is 0 Å². The van der Waals surface area contributed by atoms with E-state index in [4.69, 9.17) is 12.2 Å². The molecule has 5 nitrogen and oxygen atoms in total. The first-order valence-corrected chi connectivity index (χ1v) is 8.99. The van der Waals surface area contributed by atoms with Gasteiger partial charge in [0.05, 0.1) is 0 Å². The molecule has 0 fully saturated rings. The SMILES string of the molecule is Cc1ccc(-c2n[nH]c(=S)n2CC(=O)NCCc2ccccc2C)cc1. The molecule has 1 amide bonds. The lowest BCUT2D eigenvalue weighted by atomic mass is 10.1. The highest BCUT2D eigenvalue weighted by molar-refractivity contribution is 7.71. The van der Waals surface area contributed by atoms with Gasteiger partial charge in [0, 0.05) is 12.1 Å². The van der Waals surface area contributed by atoms with Crippen LogP contribution in [0.15, 0.2) is 48.5 Å². The van der Waals surface area contributed by atoms with Crippen LogP contribution in [-0.2, 0) is 17.8 Å². The van der Waals surface area contributed by atoms with Gasteiger partial charge in [-0.25, -0.2) is 0 Å². The van der Waals surface area contributed by atoms with Crippen LogP contribution in [0.2, 0.25) is 0 Å². The number of carbonyl (C=O) groups excluding carboxylic acids is 1. The molecule has 2 aromatic carbocycles. The third kappa shape index (κ3) is 4.26. The van der Waals surface area contributed by atoms with E-state index in [1.165, 1.54) is 16.7 Å². The largest absolute Gasteiger partial charge is 0.354 e. The molecule has 1 heterocycles. The molecule has 0 aliphatic carbocycles. The van der Waals surface area contributed by atoms with Crippen molar-refractivity contribution in [3.8, 4) is 11.4 Å². The molecule has 0 unspecified atom stereocenters. The highest BCUT2D eigenvalue weighted by Gasteiger charge is 2.12. The molecule has 2 N–H and O–H groups in total. The summed E-state index contributed by atoms with van der Waals surface area (Å²) in [5.74, 6) is 0.591. The van der Waals surface area contributed by atoms with Gasteiger partial charge in [0.1, 0.15) is 6.54 Å². The fourth-order valence-electron chi connectivity index (χ4n) is 2.81. The predicted octanol–water partition coefficient (Wildman–Crippen LogP) is 3.58. The molecule has 0 aliphatic rings. The number of amides is 1. The lowest BCUT2D eigenvalue weighted by Crippen LogP contribution is -2.29. The maximum atomic E-state index is 12.4. The first kappa shape index (κ1) is 18.1. The van der Waals surface area contributed by atoms with Crippen molar-refractivity contribution in [3.05, 3.63) is 70.0 Å². The monoisotopic (exact) mass is 366 g/mol. The van der Waals surface area contributed by atoms with Crippen molar-refractivity contribution >= 4 is 18.1 Å². The maximum absolute atomic E-state index is 12.4. The summed E-state index contributed by atoms with van der Waals surface area (Å²) in [7, 11) is 0. The molecule has 0 saturated carbocycles. The summed E-state index contributed by atoms with van der Waals surface area (Å²) >= 11 is 5.29. The van der Waals surface area contributed by atoms with E-state index < -0.39 is 0 Å². The van der Waals surface area contributed by atoms with Gasteiger partial charge in [0.15, 0.2) is 10.6 Å². The standard InChI is InChI=1S/C20H22N4OS/c1-14-7-9-17(10-8-14)19-22-23-20(26)24(19)13-18(25)21-12-11-16-6-4-3-5-15(16)2/h3-10H,11-13H2,1-2H3,(H,21,25)(H,23,26). The number of hydrogen-bond acceptors (Lipinski definition) is 3. The third-order valence-electron chi connectivity index (χ3n) is 4.35. The number of benzene rings is 2. The fourth-order valence-corrected chi connectivity index (χ4v) is 3.01. The van der Waals surface area contributed by atoms with Crippen LogP contribution in [0.5, 0.6) is 0 Å². The van der Waals surface area contributed by atoms with Gasteiger partial charge in [-0.05, 0) is 43.6 Å². The molecule has 0 saturated heterocycles. The van der Waals surface area contributed by atoms with E-state index in [1.54, 1.807) is 4.57 Å². The summed E-state index contributed by atoms with van der Waals surface area (Å²) < 4.78 is 2.16. The third-order valence-corrected chi connectivity index (χ3v) is 4.66. The van der Waals surface area contributed by atoms with E-state index in [1.807, 2.05) is 43.3 Å². The Morgan fingerprint density at radius 2 is 1.88 bits per heavy atom. The number of nitrogens with one attached hydrogen (secondary N) is 2. The molecular weight excluding hydrogens is 344 g/mol. The molecule has 6 heteroatoms. The van der Waals surface area contributed by atoms with E-state index in [2.05, 4.69) is 34.6 Å². The number of aromatic nitrogens is 3. The Morgan fingerprint density at radius 1 is 1.15 bits per heavy atom. The van der Waals surface area contributed by atoms with Crippen LogP contribution in [0, 0.1) is 18.6 Å². The van der Waals surface area contributed by atoms with Crippen molar-refractivity contribution in [2.45, 2.75) is 26.8 Å². The number of carbonyl (C=O) groups is 1. The Kier molecular flexibility index (Phi) is 5.63. The first-order chi connectivity index (χ1) is 12.5. The summed E-state index contributed by atoms with van der Waals surface area (Å²) in [5, 5.41) is 10.0. The summed E-state index contributed by atoms with van der Waals surface area (Å²) in [4.78, 5) is 12.4. The summed E-state index contributed by atoms with van der Waals surface area (Å²) in [5.41, 5.74) is 4.58. The van der Waals surface area contributed by atoms with Crippen molar-refractivity contribution < 1.29 is 4.79 Å². The highest BCUT2D eigenvalue weighted by Crippen LogP contribution is 2.17. The van der Waals surface area contributed by atoms with E-state index in [-0.39, 0.29) is 12.5 Å². The van der Waals surface area contributed by atoms with Crippen LogP contribution in [0.1, 0.15) is 16.7 Å². The second-order valence-electron chi connectivity index (χ2n) is 6.33. The molecular formula is C20H22N4OS. The Labute approximate surface area is 158 Å². The molecule has 0 spiro atoms. The van der Waals surface area contributed by atoms with Gasteiger partial charge in [0.25, 0.3) is 0 Å². The smallest absolute Gasteiger partial charge is 0.240 e. The van der Waals surface area contributed by atoms with Crippen LogP contribution in [0.25, 0.3) is 11.4 Å². The average Bonchev–Trinajstić information content (AvgIpc) is 2.98. The second kappa shape index (κ2) is 8.10. The zero-order chi connectivity index (χ0) is 18.5. The molecule has 3 rings (SSSR count). The molecule has 0 bridgehead atoms. The van der Waals surface area contributed by atoms with Crippen LogP contribution >= 0.6 is 12.2 Å². The molecule has 1 aromatic heterocycles. The Hall–Kier alpha value is -2.73. The number of aryl methyl sites for hydroxylation is 2. The minimum Gasteiger partial charge on any atom is -0.354 e. The molecule has 26 heavy (non-hydrogen) atoms. The summed E-state index contributed by atoms with van der Waals surface area (Å²) in [6.07, 6.45) is 0.806. The van der Waals surface area contributed by atoms with Gasteiger partial charge in [-0.1, -0.05) is 54.1 Å². The Bertz CT molecular complexity index is 956. The number of nitrogens with zero attached hydrogens (tertiary/aromatic N) is 2. The normalized spacial score (nSPS) is 10.7. The lowest BCUT2D eigenvalue weighted by Gasteiger charge is -2.09.